The van der Waals surface area contributed by atoms with Crippen molar-refractivity contribution >= 4 is 0 Å². The molecule has 0 saturated carbocycles. The molecule has 1 fully saturated rings. The second-order valence-electron chi connectivity index (χ2n) is 4.26. The van der Waals surface area contributed by atoms with Gasteiger partial charge < -0.3 is 14.8 Å². The summed E-state index contributed by atoms with van der Waals surface area (Å²) in [5.41, 5.74) is 0. The maximum absolute atomic E-state index is 5.68. The van der Waals surface area contributed by atoms with E-state index < -0.39 is 0 Å². The Bertz CT molecular complexity index is 157. The van der Waals surface area contributed by atoms with Crippen LogP contribution < -0.4 is 5.32 Å². The van der Waals surface area contributed by atoms with Gasteiger partial charge >= 0.3 is 0 Å². The first-order valence-electron chi connectivity index (χ1n) is 5.80. The molecule has 1 rings (SSSR count). The zero-order valence-corrected chi connectivity index (χ0v) is 10.2. The monoisotopic (exact) mass is 216 g/mol. The number of nitrogens with zero attached hydrogens (tertiary/aromatic N) is 1. The molecule has 0 aromatic heterocycles. The molecule has 0 unspecified atom stereocenters. The number of rotatable bonds is 6. The van der Waals surface area contributed by atoms with Crippen LogP contribution in [0.2, 0.25) is 0 Å². The molecule has 1 aliphatic rings. The Balaban J connectivity index is 2.04. The zero-order chi connectivity index (χ0) is 11.1. The molecule has 0 spiro atoms. The second kappa shape index (κ2) is 7.17. The topological polar surface area (TPSA) is 33.7 Å². The van der Waals surface area contributed by atoms with E-state index in [1.165, 1.54) is 0 Å². The molecule has 0 radical (unpaired) electrons. The van der Waals surface area contributed by atoms with Crippen molar-refractivity contribution in [3.05, 3.63) is 0 Å². The van der Waals surface area contributed by atoms with Crippen molar-refractivity contribution in [2.75, 3.05) is 46.4 Å². The average Bonchev–Trinajstić information content (AvgIpc) is 2.16. The standard InChI is InChI=1S/C11H24N2O2/c1-10-8-13(9-11(2)15-10)6-4-12-5-7-14-3/h10-12H,4-9H2,1-3H3/t10-,11+. The van der Waals surface area contributed by atoms with E-state index >= 15 is 0 Å². The van der Waals surface area contributed by atoms with Crippen LogP contribution in [0.3, 0.4) is 0 Å². The molecule has 0 amide bonds. The molecule has 1 N–H and O–H groups in total. The molecule has 4 nitrogen and oxygen atoms in total. The molecule has 1 saturated heterocycles. The van der Waals surface area contributed by atoms with Crippen molar-refractivity contribution in [3.8, 4) is 0 Å². The van der Waals surface area contributed by atoms with Crippen LogP contribution in [0.25, 0.3) is 0 Å². The van der Waals surface area contributed by atoms with Gasteiger partial charge in [0.25, 0.3) is 0 Å². The van der Waals surface area contributed by atoms with Crippen LogP contribution in [0.1, 0.15) is 13.8 Å². The van der Waals surface area contributed by atoms with Gasteiger partial charge in [0.05, 0.1) is 18.8 Å². The van der Waals surface area contributed by atoms with Crippen LogP contribution in [0.5, 0.6) is 0 Å². The number of hydrogen-bond donors (Lipinski definition) is 1. The highest BCUT2D eigenvalue weighted by molar-refractivity contribution is 4.73. The largest absolute Gasteiger partial charge is 0.383 e. The van der Waals surface area contributed by atoms with Crippen LogP contribution in [0.15, 0.2) is 0 Å². The third kappa shape index (κ3) is 5.47. The average molecular weight is 216 g/mol. The van der Waals surface area contributed by atoms with Crippen LogP contribution in [-0.4, -0.2) is 63.5 Å². The van der Waals surface area contributed by atoms with Crippen molar-refractivity contribution in [3.63, 3.8) is 0 Å². The van der Waals surface area contributed by atoms with Crippen molar-refractivity contribution in [2.24, 2.45) is 0 Å². The summed E-state index contributed by atoms with van der Waals surface area (Å²) < 4.78 is 10.7. The molecule has 15 heavy (non-hydrogen) atoms. The van der Waals surface area contributed by atoms with Gasteiger partial charge in [-0.25, -0.2) is 0 Å². The molecular formula is C11H24N2O2. The van der Waals surface area contributed by atoms with Crippen LogP contribution in [-0.2, 0) is 9.47 Å². The van der Waals surface area contributed by atoms with Crippen LogP contribution >= 0.6 is 0 Å². The Hall–Kier alpha value is -0.160. The van der Waals surface area contributed by atoms with Crippen LogP contribution in [0.4, 0.5) is 0 Å². The van der Waals surface area contributed by atoms with Gasteiger partial charge in [-0.2, -0.15) is 0 Å². The van der Waals surface area contributed by atoms with E-state index in [2.05, 4.69) is 24.1 Å². The Morgan fingerprint density at radius 3 is 2.53 bits per heavy atom. The highest BCUT2D eigenvalue weighted by atomic mass is 16.5. The third-order valence-corrected chi connectivity index (χ3v) is 2.58. The fraction of sp³-hybridized carbons (Fsp3) is 1.00. The minimum absolute atomic E-state index is 0.368. The first-order valence-corrected chi connectivity index (χ1v) is 5.80. The highest BCUT2D eigenvalue weighted by Gasteiger charge is 2.21. The van der Waals surface area contributed by atoms with E-state index in [0.717, 1.165) is 39.3 Å². The first kappa shape index (κ1) is 12.9. The SMILES string of the molecule is COCCNCCN1C[C@@H](C)O[C@@H](C)C1. The Morgan fingerprint density at radius 2 is 1.93 bits per heavy atom. The van der Waals surface area contributed by atoms with Crippen molar-refractivity contribution in [1.29, 1.82) is 0 Å². The molecular weight excluding hydrogens is 192 g/mol. The van der Waals surface area contributed by atoms with Gasteiger partial charge in [0, 0.05) is 39.8 Å². The van der Waals surface area contributed by atoms with Gasteiger partial charge in [-0.3, -0.25) is 4.90 Å². The molecule has 0 aliphatic carbocycles. The Labute approximate surface area is 92.9 Å². The van der Waals surface area contributed by atoms with Gasteiger partial charge in [0.1, 0.15) is 0 Å². The Kier molecular flexibility index (Phi) is 6.17. The fourth-order valence-corrected chi connectivity index (χ4v) is 2.00. The first-order chi connectivity index (χ1) is 7.22. The van der Waals surface area contributed by atoms with Gasteiger partial charge in [-0.05, 0) is 13.8 Å². The van der Waals surface area contributed by atoms with E-state index in [1.54, 1.807) is 7.11 Å². The second-order valence-corrected chi connectivity index (χ2v) is 4.26. The molecule has 0 aromatic rings. The molecule has 0 aromatic carbocycles. The fourth-order valence-electron chi connectivity index (χ4n) is 2.00. The smallest absolute Gasteiger partial charge is 0.0678 e. The van der Waals surface area contributed by atoms with Crippen LogP contribution in [0, 0.1) is 0 Å². The summed E-state index contributed by atoms with van der Waals surface area (Å²) in [6.07, 6.45) is 0.737. The number of nitrogens with one attached hydrogen (secondary N) is 1. The summed E-state index contributed by atoms with van der Waals surface area (Å²) in [6.45, 7) is 10.2. The number of hydrogen-bond acceptors (Lipinski definition) is 4. The lowest BCUT2D eigenvalue weighted by Crippen LogP contribution is -2.47. The summed E-state index contributed by atoms with van der Waals surface area (Å²) in [5.74, 6) is 0. The zero-order valence-electron chi connectivity index (χ0n) is 10.2. The highest BCUT2D eigenvalue weighted by Crippen LogP contribution is 2.09. The normalized spacial score (nSPS) is 28.2. The van der Waals surface area contributed by atoms with Crippen molar-refractivity contribution in [1.82, 2.24) is 10.2 Å². The molecule has 4 heteroatoms. The maximum Gasteiger partial charge on any atom is 0.0678 e. The van der Waals surface area contributed by atoms with E-state index in [4.69, 9.17) is 9.47 Å². The minimum Gasteiger partial charge on any atom is -0.383 e. The maximum atomic E-state index is 5.68. The van der Waals surface area contributed by atoms with E-state index in [1.807, 2.05) is 0 Å². The predicted molar refractivity (Wildman–Crippen MR) is 61.2 cm³/mol. The molecule has 0 bridgehead atoms. The minimum atomic E-state index is 0.368. The van der Waals surface area contributed by atoms with Gasteiger partial charge in [0.2, 0.25) is 0 Å². The summed E-state index contributed by atoms with van der Waals surface area (Å²) >= 11 is 0. The quantitative estimate of drug-likeness (QED) is 0.649. The summed E-state index contributed by atoms with van der Waals surface area (Å²) in [5, 5.41) is 3.36. The number of methoxy groups -OCH3 is 1. The van der Waals surface area contributed by atoms with Gasteiger partial charge in [-0.15, -0.1) is 0 Å². The van der Waals surface area contributed by atoms with Gasteiger partial charge in [-0.1, -0.05) is 0 Å². The summed E-state index contributed by atoms with van der Waals surface area (Å²) in [6, 6.07) is 0. The summed E-state index contributed by atoms with van der Waals surface area (Å²) in [4.78, 5) is 2.46. The van der Waals surface area contributed by atoms with E-state index in [0.29, 0.717) is 12.2 Å². The van der Waals surface area contributed by atoms with E-state index in [-0.39, 0.29) is 0 Å². The number of morpholine rings is 1. The molecule has 2 atom stereocenters. The molecule has 90 valence electrons. The number of ether oxygens (including phenoxy) is 2. The van der Waals surface area contributed by atoms with Gasteiger partial charge in [0.15, 0.2) is 0 Å². The van der Waals surface area contributed by atoms with E-state index in [9.17, 15) is 0 Å². The lowest BCUT2D eigenvalue weighted by Gasteiger charge is -2.35. The predicted octanol–water partition coefficient (Wildman–Crippen LogP) is 0.332. The molecule has 1 aliphatic heterocycles. The molecule has 1 heterocycles. The third-order valence-electron chi connectivity index (χ3n) is 2.58. The Morgan fingerprint density at radius 1 is 1.27 bits per heavy atom. The lowest BCUT2D eigenvalue weighted by atomic mass is 10.2. The lowest BCUT2D eigenvalue weighted by molar-refractivity contribution is -0.0674. The van der Waals surface area contributed by atoms with Crippen molar-refractivity contribution < 1.29 is 9.47 Å². The van der Waals surface area contributed by atoms with Crippen molar-refractivity contribution in [2.45, 2.75) is 26.1 Å². The summed E-state index contributed by atoms with van der Waals surface area (Å²) in [7, 11) is 1.73.